The first-order chi connectivity index (χ1) is 30.0. The maximum atomic E-state index is 13.1. The van der Waals surface area contributed by atoms with Crippen LogP contribution in [-0.2, 0) is 33.2 Å². The summed E-state index contributed by atoms with van der Waals surface area (Å²) >= 11 is 0. The summed E-state index contributed by atoms with van der Waals surface area (Å²) in [6.07, 6.45) is -13.8. The smallest absolute Gasteiger partial charge is 0.309 e. The van der Waals surface area contributed by atoms with Gasteiger partial charge in [-0.1, -0.05) is 39.8 Å². The number of aliphatic hydroxyl groups excluding tert-OH is 9. The number of ether oxygens (including phenoxy) is 6. The minimum absolute atomic E-state index is 0.00876. The Balaban J connectivity index is 1.04. The van der Waals surface area contributed by atoms with Crippen molar-refractivity contribution in [3.8, 4) is 0 Å². The second kappa shape index (κ2) is 17.5. The van der Waals surface area contributed by atoms with Crippen molar-refractivity contribution in [2.45, 2.75) is 198 Å². The third-order valence-corrected chi connectivity index (χ3v) is 19.5. The molecule has 0 bridgehead atoms. The van der Waals surface area contributed by atoms with Crippen molar-refractivity contribution in [3.05, 3.63) is 12.2 Å². The van der Waals surface area contributed by atoms with Crippen LogP contribution in [0.3, 0.4) is 0 Å². The molecule has 0 spiro atoms. The first-order valence-corrected chi connectivity index (χ1v) is 23.8. The van der Waals surface area contributed by atoms with Crippen molar-refractivity contribution in [2.24, 2.45) is 56.7 Å². The minimum atomic E-state index is -1.77. The molecule has 3 heterocycles. The highest BCUT2D eigenvalue weighted by Crippen LogP contribution is 2.77. The number of carboxylic acid groups (broad SMARTS) is 1. The van der Waals surface area contributed by atoms with Gasteiger partial charge in [-0.3, -0.25) is 4.79 Å². The zero-order valence-electron chi connectivity index (χ0n) is 38.3. The number of rotatable bonds is 10. The molecule has 10 N–H and O–H groups in total. The standard InChI is InChI=1S/C47H76O17/c1-21(2)23-10-15-47(42(57)58)17-16-45(6)24(30(23)47)8-9-28-43(4)13-12-29(44(5,20-49)27(43)11-14-46(28,45)7)63-41-38(64-39-36(55)34(53)31(50)22(3)60-39)33(52)26(19-59-41)62-40-37(56)35(54)32(51)25(18-48)61-40/h22-41,48-56H,1,8-20H2,2-7H3,(H,57,58)/t22-,23-,24+,25+,26+,27+,28+,29-,30+,31-,32+,33-,34+,35-,36+,37+,38+,39-,40-,41-,43-,44-,45+,46+,47-/m0/s1. The van der Waals surface area contributed by atoms with Crippen LogP contribution < -0.4 is 0 Å². The molecule has 3 aliphatic heterocycles. The lowest BCUT2D eigenvalue weighted by Crippen LogP contribution is -2.68. The van der Waals surface area contributed by atoms with Gasteiger partial charge in [0.25, 0.3) is 0 Å². The second-order valence-electron chi connectivity index (χ2n) is 22.3. The normalized spacial score (nSPS) is 56.3. The zero-order chi connectivity index (χ0) is 46.6. The summed E-state index contributed by atoms with van der Waals surface area (Å²) in [5.74, 6) is 0.147. The van der Waals surface area contributed by atoms with Gasteiger partial charge in [-0.15, -0.1) is 0 Å². The third kappa shape index (κ3) is 7.31. The van der Waals surface area contributed by atoms with E-state index < -0.39 is 116 Å². The topological polar surface area (TPSA) is 275 Å². The van der Waals surface area contributed by atoms with E-state index in [2.05, 4.69) is 34.3 Å². The summed E-state index contributed by atoms with van der Waals surface area (Å²) < 4.78 is 36.6. The summed E-state index contributed by atoms with van der Waals surface area (Å²) in [5, 5.41) is 108. The molecule has 5 saturated carbocycles. The molecule has 0 amide bonds. The Labute approximate surface area is 376 Å². The maximum Gasteiger partial charge on any atom is 0.309 e. The number of allylic oxidation sites excluding steroid dienone is 1. The fraction of sp³-hybridized carbons (Fsp3) is 0.936. The van der Waals surface area contributed by atoms with Crippen molar-refractivity contribution in [1.29, 1.82) is 0 Å². The van der Waals surface area contributed by atoms with E-state index in [9.17, 15) is 55.9 Å². The number of hydrogen-bond acceptors (Lipinski definition) is 16. The van der Waals surface area contributed by atoms with Crippen molar-refractivity contribution < 1.29 is 84.3 Å². The molecule has 8 rings (SSSR count). The van der Waals surface area contributed by atoms with Crippen LogP contribution in [0.4, 0.5) is 0 Å². The fourth-order valence-electron chi connectivity index (χ4n) is 15.7. The first kappa shape index (κ1) is 49.0. The van der Waals surface area contributed by atoms with Gasteiger partial charge in [0.1, 0.15) is 61.0 Å². The van der Waals surface area contributed by atoms with E-state index in [0.717, 1.165) is 50.5 Å². The van der Waals surface area contributed by atoms with E-state index in [1.807, 2.05) is 6.92 Å². The lowest BCUT2D eigenvalue weighted by molar-refractivity contribution is -0.382. The van der Waals surface area contributed by atoms with Crippen molar-refractivity contribution >= 4 is 5.97 Å². The van der Waals surface area contributed by atoms with Crippen LogP contribution in [0.25, 0.3) is 0 Å². The molecular weight excluding hydrogens is 836 g/mol. The predicted octanol–water partition coefficient (Wildman–Crippen LogP) is 1.20. The highest BCUT2D eigenvalue weighted by molar-refractivity contribution is 5.76. The molecule has 17 nitrogen and oxygen atoms in total. The summed E-state index contributed by atoms with van der Waals surface area (Å²) in [4.78, 5) is 13.1. The molecule has 366 valence electrons. The molecule has 8 fully saturated rings. The Hall–Kier alpha value is -1.39. The van der Waals surface area contributed by atoms with Gasteiger partial charge >= 0.3 is 5.97 Å². The lowest BCUT2D eigenvalue weighted by Gasteiger charge is -2.73. The highest BCUT2D eigenvalue weighted by Gasteiger charge is 2.72. The van der Waals surface area contributed by atoms with Crippen LogP contribution in [0.5, 0.6) is 0 Å². The number of fused-ring (bicyclic) bond motifs is 7. The van der Waals surface area contributed by atoms with Crippen LogP contribution in [0.1, 0.15) is 106 Å². The van der Waals surface area contributed by atoms with E-state index in [1.54, 1.807) is 0 Å². The molecule has 64 heavy (non-hydrogen) atoms. The minimum Gasteiger partial charge on any atom is -0.481 e. The molecule has 5 aliphatic carbocycles. The predicted molar refractivity (Wildman–Crippen MR) is 225 cm³/mol. The highest BCUT2D eigenvalue weighted by atomic mass is 16.8. The van der Waals surface area contributed by atoms with Crippen LogP contribution in [-0.4, -0.2) is 169 Å². The number of hydrogen-bond donors (Lipinski definition) is 10. The molecule has 17 heteroatoms. The SMILES string of the molecule is C=C(C)[C@@H]1CC[C@]2(C(=O)O)CC[C@]3(C)[C@H](CC[C@@H]4[C@@]5(C)CC[C@H](O[C@@H]6OC[C@@H](O[C@@H]7O[C@H](CO)[C@@H](O)[C@H](O)[C@H]7O)[C@H](O)[C@H]6O[C@@H]6O[C@@H](C)[C@H](O)[C@@H](O)[C@H]6O)[C@@](C)(CO)[C@@H]5CC[C@]43C)[C@@H]12. The zero-order valence-corrected chi connectivity index (χ0v) is 38.3. The van der Waals surface area contributed by atoms with E-state index >= 15 is 0 Å². The third-order valence-electron chi connectivity index (χ3n) is 19.5. The maximum absolute atomic E-state index is 13.1. The Morgan fingerprint density at radius 2 is 1.36 bits per heavy atom. The Morgan fingerprint density at radius 1 is 0.688 bits per heavy atom. The summed E-state index contributed by atoms with van der Waals surface area (Å²) in [5.41, 5.74) is -0.808. The van der Waals surface area contributed by atoms with E-state index in [1.165, 1.54) is 6.92 Å². The number of carbonyl (C=O) groups is 1. The van der Waals surface area contributed by atoms with Gasteiger partial charge < -0.3 is 79.5 Å². The fourth-order valence-corrected chi connectivity index (χ4v) is 15.7. The van der Waals surface area contributed by atoms with E-state index in [-0.39, 0.29) is 53.1 Å². The lowest BCUT2D eigenvalue weighted by atomic mass is 9.32. The number of aliphatic hydroxyl groups is 9. The molecular formula is C47H76O17. The average molecular weight is 913 g/mol. The van der Waals surface area contributed by atoms with Gasteiger partial charge in [0.2, 0.25) is 0 Å². The molecule has 0 aromatic heterocycles. The molecule has 0 aromatic rings. The van der Waals surface area contributed by atoms with Crippen molar-refractivity contribution in [2.75, 3.05) is 19.8 Å². The van der Waals surface area contributed by atoms with Gasteiger partial charge in [0, 0.05) is 5.41 Å². The van der Waals surface area contributed by atoms with Gasteiger partial charge in [-0.2, -0.15) is 0 Å². The van der Waals surface area contributed by atoms with Crippen molar-refractivity contribution in [3.63, 3.8) is 0 Å². The second-order valence-corrected chi connectivity index (χ2v) is 22.3. The van der Waals surface area contributed by atoms with Gasteiger partial charge in [-0.05, 0) is 124 Å². The Morgan fingerprint density at radius 3 is 2.00 bits per heavy atom. The number of carboxylic acids is 1. The quantitative estimate of drug-likeness (QED) is 0.109. The molecule has 0 radical (unpaired) electrons. The summed E-state index contributed by atoms with van der Waals surface area (Å²) in [7, 11) is 0. The number of aliphatic carboxylic acids is 1. The monoisotopic (exact) mass is 913 g/mol. The van der Waals surface area contributed by atoms with Crippen LogP contribution in [0.2, 0.25) is 0 Å². The molecule has 3 saturated heterocycles. The largest absolute Gasteiger partial charge is 0.481 e. The van der Waals surface area contributed by atoms with Gasteiger partial charge in [-0.25, -0.2) is 0 Å². The Bertz CT molecular complexity index is 1720. The summed E-state index contributed by atoms with van der Waals surface area (Å²) in [6.45, 7) is 16.0. The van der Waals surface area contributed by atoms with Crippen LogP contribution in [0.15, 0.2) is 12.2 Å². The van der Waals surface area contributed by atoms with Gasteiger partial charge in [0.15, 0.2) is 18.9 Å². The molecule has 25 atom stereocenters. The van der Waals surface area contributed by atoms with E-state index in [4.69, 9.17) is 28.4 Å². The summed E-state index contributed by atoms with van der Waals surface area (Å²) in [6, 6.07) is 0. The van der Waals surface area contributed by atoms with Crippen LogP contribution in [0, 0.1) is 56.7 Å². The van der Waals surface area contributed by atoms with Crippen molar-refractivity contribution in [1.82, 2.24) is 0 Å². The first-order valence-electron chi connectivity index (χ1n) is 23.8. The van der Waals surface area contributed by atoms with Crippen LogP contribution >= 0.6 is 0 Å². The molecule has 0 aromatic carbocycles. The molecule has 0 unspecified atom stereocenters. The Kier molecular flexibility index (Phi) is 13.4. The van der Waals surface area contributed by atoms with E-state index in [0.29, 0.717) is 25.2 Å². The van der Waals surface area contributed by atoms with Gasteiger partial charge in [0.05, 0.1) is 37.4 Å². The average Bonchev–Trinajstić information content (AvgIpc) is 3.67. The molecule has 8 aliphatic rings.